The first-order chi connectivity index (χ1) is 20.1. The highest BCUT2D eigenvalue weighted by Gasteiger charge is 2.12. The molecule has 0 aromatic carbocycles. The van der Waals surface area contributed by atoms with Gasteiger partial charge in [0.25, 0.3) is 0 Å². The summed E-state index contributed by atoms with van der Waals surface area (Å²) in [6.45, 7) is 7.03. The lowest BCUT2D eigenvalue weighted by molar-refractivity contribution is 0.248. The molecule has 0 spiro atoms. The largest absolute Gasteiger partial charge is 0.306 e. The molecule has 0 rings (SSSR count). The quantitative estimate of drug-likeness (QED) is 0.0592. The maximum absolute atomic E-state index is 2.49. The summed E-state index contributed by atoms with van der Waals surface area (Å²) in [4.78, 5) is 2.48. The van der Waals surface area contributed by atoms with E-state index in [1.165, 1.54) is 148 Å². The zero-order valence-electron chi connectivity index (χ0n) is 28.9. The van der Waals surface area contributed by atoms with Crippen LogP contribution in [0, 0.1) is 5.92 Å². The van der Waals surface area contributed by atoms with Crippen molar-refractivity contribution < 1.29 is 0 Å². The number of nitrogens with zero attached hydrogens (tertiary/aromatic N) is 1. The molecule has 2 unspecified atom stereocenters. The molecule has 0 heterocycles. The van der Waals surface area contributed by atoms with Gasteiger partial charge in [-0.3, -0.25) is 0 Å². The summed E-state index contributed by atoms with van der Waals surface area (Å²) in [5, 5.41) is 0. The van der Waals surface area contributed by atoms with E-state index in [9.17, 15) is 0 Å². The van der Waals surface area contributed by atoms with Crippen LogP contribution >= 0.6 is 0 Å². The van der Waals surface area contributed by atoms with Crippen molar-refractivity contribution in [2.24, 2.45) is 5.92 Å². The summed E-state index contributed by atoms with van der Waals surface area (Å²) < 4.78 is 0. The van der Waals surface area contributed by atoms with Gasteiger partial charge in [0.15, 0.2) is 0 Å². The Morgan fingerprint density at radius 1 is 0.415 bits per heavy atom. The Hall–Kier alpha value is -1.08. The van der Waals surface area contributed by atoms with Gasteiger partial charge < -0.3 is 4.90 Å². The van der Waals surface area contributed by atoms with Crippen molar-refractivity contribution in [2.75, 3.05) is 14.1 Å². The van der Waals surface area contributed by atoms with Gasteiger partial charge in [-0.2, -0.15) is 0 Å². The van der Waals surface area contributed by atoms with Crippen LogP contribution in [0.2, 0.25) is 0 Å². The lowest BCUT2D eigenvalue weighted by Gasteiger charge is -2.25. The monoisotopic (exact) mass is 570 g/mol. The summed E-state index contributed by atoms with van der Waals surface area (Å²) >= 11 is 0. The Labute approximate surface area is 260 Å². The van der Waals surface area contributed by atoms with Crippen LogP contribution in [0.25, 0.3) is 0 Å². The average Bonchev–Trinajstić information content (AvgIpc) is 2.96. The van der Waals surface area contributed by atoms with Crippen LogP contribution in [-0.2, 0) is 0 Å². The van der Waals surface area contributed by atoms with Crippen LogP contribution in [-0.4, -0.2) is 25.0 Å². The minimum atomic E-state index is 0.763. The SMILES string of the molecule is CCCCC/C=C\C/C=C\CCCCCCCCC(C)CCCC(CCCC/C=C\C/C=C\CCCCC)N(C)C. The molecule has 0 fully saturated rings. The zero-order chi connectivity index (χ0) is 30.1. The molecular weight excluding hydrogens is 494 g/mol. The van der Waals surface area contributed by atoms with Crippen LogP contribution in [0.1, 0.15) is 181 Å². The van der Waals surface area contributed by atoms with Gasteiger partial charge in [-0.1, -0.05) is 153 Å². The average molecular weight is 570 g/mol. The fourth-order valence-electron chi connectivity index (χ4n) is 5.65. The molecule has 0 bridgehead atoms. The number of unbranched alkanes of at least 4 members (excludes halogenated alkanes) is 14. The van der Waals surface area contributed by atoms with Crippen molar-refractivity contribution in [2.45, 2.75) is 187 Å². The van der Waals surface area contributed by atoms with E-state index in [-0.39, 0.29) is 0 Å². The second-order valence-electron chi connectivity index (χ2n) is 13.0. The van der Waals surface area contributed by atoms with Crippen molar-refractivity contribution in [3.63, 3.8) is 0 Å². The highest BCUT2D eigenvalue weighted by atomic mass is 15.1. The third kappa shape index (κ3) is 31.7. The minimum absolute atomic E-state index is 0.763. The minimum Gasteiger partial charge on any atom is -0.306 e. The maximum Gasteiger partial charge on any atom is 0.00891 e. The van der Waals surface area contributed by atoms with E-state index < -0.39 is 0 Å². The summed E-state index contributed by atoms with van der Waals surface area (Å²) in [6, 6.07) is 0.763. The van der Waals surface area contributed by atoms with Crippen LogP contribution in [0.15, 0.2) is 48.6 Å². The number of allylic oxidation sites excluding steroid dienone is 8. The summed E-state index contributed by atoms with van der Waals surface area (Å²) in [5.74, 6) is 0.898. The van der Waals surface area contributed by atoms with Crippen molar-refractivity contribution in [3.05, 3.63) is 48.6 Å². The van der Waals surface area contributed by atoms with E-state index in [2.05, 4.69) is 88.4 Å². The Balaban J connectivity index is 3.64. The van der Waals surface area contributed by atoms with Crippen molar-refractivity contribution in [3.8, 4) is 0 Å². The van der Waals surface area contributed by atoms with Gasteiger partial charge in [0.1, 0.15) is 0 Å². The molecule has 240 valence electrons. The standard InChI is InChI=1S/C40H75N/c1-6-8-10-12-14-16-18-20-21-22-23-24-26-28-30-32-35-39(3)36-34-38-40(41(4)5)37-33-31-29-27-25-19-17-15-13-11-9-7-2/h14-17,20-21,25,27,39-40H,6-13,18-19,22-24,26,28-38H2,1-5H3/b16-14-,17-15-,21-20-,27-25-. The van der Waals surface area contributed by atoms with Crippen LogP contribution in [0.4, 0.5) is 0 Å². The van der Waals surface area contributed by atoms with E-state index in [1.54, 1.807) is 0 Å². The molecule has 1 nitrogen and oxygen atoms in total. The van der Waals surface area contributed by atoms with E-state index in [4.69, 9.17) is 0 Å². The van der Waals surface area contributed by atoms with Crippen LogP contribution in [0.3, 0.4) is 0 Å². The van der Waals surface area contributed by atoms with Crippen LogP contribution < -0.4 is 0 Å². The van der Waals surface area contributed by atoms with E-state index in [1.807, 2.05) is 0 Å². The predicted molar refractivity (Wildman–Crippen MR) is 190 cm³/mol. The van der Waals surface area contributed by atoms with Crippen LogP contribution in [0.5, 0.6) is 0 Å². The normalized spacial score (nSPS) is 14.1. The van der Waals surface area contributed by atoms with Gasteiger partial charge in [0, 0.05) is 6.04 Å². The maximum atomic E-state index is 2.49. The molecule has 41 heavy (non-hydrogen) atoms. The van der Waals surface area contributed by atoms with Gasteiger partial charge in [-0.15, -0.1) is 0 Å². The second kappa shape index (κ2) is 33.4. The molecule has 0 aliphatic rings. The number of hydrogen-bond acceptors (Lipinski definition) is 1. The third-order valence-corrected chi connectivity index (χ3v) is 8.60. The summed E-state index contributed by atoms with van der Waals surface area (Å²) in [5.41, 5.74) is 0. The number of rotatable bonds is 31. The molecule has 0 saturated heterocycles. The zero-order valence-corrected chi connectivity index (χ0v) is 28.9. The predicted octanol–water partition coefficient (Wildman–Crippen LogP) is 13.6. The highest BCUT2D eigenvalue weighted by molar-refractivity contribution is 4.93. The molecule has 0 amide bonds. The van der Waals surface area contributed by atoms with Crippen molar-refractivity contribution in [1.29, 1.82) is 0 Å². The topological polar surface area (TPSA) is 3.24 Å². The second-order valence-corrected chi connectivity index (χ2v) is 13.0. The van der Waals surface area contributed by atoms with Crippen molar-refractivity contribution >= 4 is 0 Å². The summed E-state index contributed by atoms with van der Waals surface area (Å²) in [7, 11) is 4.57. The number of hydrogen-bond donors (Lipinski definition) is 0. The first kappa shape index (κ1) is 39.9. The van der Waals surface area contributed by atoms with E-state index in [0.717, 1.165) is 24.8 Å². The molecule has 0 saturated carbocycles. The smallest absolute Gasteiger partial charge is 0.00891 e. The molecule has 0 radical (unpaired) electrons. The Kier molecular flexibility index (Phi) is 32.5. The van der Waals surface area contributed by atoms with Gasteiger partial charge in [-0.05, 0) is 97.1 Å². The fourth-order valence-corrected chi connectivity index (χ4v) is 5.65. The van der Waals surface area contributed by atoms with Gasteiger partial charge in [0.2, 0.25) is 0 Å². The Morgan fingerprint density at radius 3 is 1.27 bits per heavy atom. The molecular formula is C40H75N. The van der Waals surface area contributed by atoms with E-state index in [0.29, 0.717) is 0 Å². The first-order valence-electron chi connectivity index (χ1n) is 18.4. The fraction of sp³-hybridized carbons (Fsp3) is 0.800. The van der Waals surface area contributed by atoms with Crippen molar-refractivity contribution in [1.82, 2.24) is 4.90 Å². The third-order valence-electron chi connectivity index (χ3n) is 8.60. The lowest BCUT2D eigenvalue weighted by atomic mass is 9.94. The summed E-state index contributed by atoms with van der Waals surface area (Å²) in [6.07, 6.45) is 52.4. The Bertz CT molecular complexity index is 610. The first-order valence-corrected chi connectivity index (χ1v) is 18.4. The van der Waals surface area contributed by atoms with Gasteiger partial charge >= 0.3 is 0 Å². The molecule has 2 atom stereocenters. The molecule has 0 aliphatic heterocycles. The molecule has 0 aromatic heterocycles. The molecule has 0 aromatic rings. The Morgan fingerprint density at radius 2 is 0.780 bits per heavy atom. The molecule has 0 N–H and O–H groups in total. The lowest BCUT2D eigenvalue weighted by Crippen LogP contribution is -2.27. The molecule has 0 aliphatic carbocycles. The highest BCUT2D eigenvalue weighted by Crippen LogP contribution is 2.20. The molecule has 1 heteroatoms. The van der Waals surface area contributed by atoms with E-state index >= 15 is 0 Å². The van der Waals surface area contributed by atoms with Gasteiger partial charge in [0.05, 0.1) is 0 Å². The van der Waals surface area contributed by atoms with Gasteiger partial charge in [-0.25, -0.2) is 0 Å².